The van der Waals surface area contributed by atoms with Crippen LogP contribution in [0.4, 0.5) is 0 Å². The molecule has 2 aromatic carbocycles. The maximum atomic E-state index is 13.8. The Hall–Kier alpha value is -2.09. The number of hydrogen-bond acceptors (Lipinski definition) is 2. The van der Waals surface area contributed by atoms with Crippen LogP contribution in [-0.2, 0) is 4.57 Å². The second-order valence-electron chi connectivity index (χ2n) is 5.15. The highest BCUT2D eigenvalue weighted by atomic mass is 31.2. The van der Waals surface area contributed by atoms with Crippen molar-refractivity contribution in [2.24, 2.45) is 0 Å². The number of benzene rings is 2. The average Bonchev–Trinajstić information content (AvgIpc) is 3.11. The minimum atomic E-state index is -2.93. The zero-order chi connectivity index (χ0) is 15.4. The summed E-state index contributed by atoms with van der Waals surface area (Å²) in [6.07, 6.45) is 1.63. The van der Waals surface area contributed by atoms with Gasteiger partial charge in [-0.1, -0.05) is 36.4 Å². The predicted molar refractivity (Wildman–Crippen MR) is 90.0 cm³/mol. The molecule has 0 unspecified atom stereocenters. The standard InChI is InChI=1S/C18H18NO2P/c1-15(18-13-8-14-21-18)19-22(20,16-9-4-2-5-10-16)17-11-6-3-7-12-17/h2-15H,1H3,(H,19,20)/t15-/m1/s1. The SMILES string of the molecule is C[C@@H](NP(=O)(c1ccccc1)c1ccccc1)c1ccco1. The third-order valence-electron chi connectivity index (χ3n) is 3.59. The van der Waals surface area contributed by atoms with Crippen molar-refractivity contribution in [2.75, 3.05) is 0 Å². The van der Waals surface area contributed by atoms with Crippen molar-refractivity contribution in [3.8, 4) is 0 Å². The lowest BCUT2D eigenvalue weighted by Gasteiger charge is -2.23. The van der Waals surface area contributed by atoms with Crippen LogP contribution in [0.5, 0.6) is 0 Å². The molecule has 112 valence electrons. The molecule has 22 heavy (non-hydrogen) atoms. The highest BCUT2D eigenvalue weighted by molar-refractivity contribution is 7.76. The van der Waals surface area contributed by atoms with Crippen LogP contribution in [0.15, 0.2) is 83.5 Å². The van der Waals surface area contributed by atoms with Crippen molar-refractivity contribution in [1.82, 2.24) is 5.09 Å². The molecule has 1 atom stereocenters. The maximum absolute atomic E-state index is 13.8. The van der Waals surface area contributed by atoms with Crippen molar-refractivity contribution in [3.05, 3.63) is 84.8 Å². The van der Waals surface area contributed by atoms with Crippen LogP contribution in [0.2, 0.25) is 0 Å². The molecule has 4 heteroatoms. The van der Waals surface area contributed by atoms with Crippen LogP contribution >= 0.6 is 7.29 Å². The molecule has 0 aliphatic carbocycles. The molecule has 0 saturated heterocycles. The molecule has 0 radical (unpaired) electrons. The van der Waals surface area contributed by atoms with E-state index in [0.29, 0.717) is 0 Å². The molecule has 0 saturated carbocycles. The summed E-state index contributed by atoms with van der Waals surface area (Å²) in [4.78, 5) is 0. The highest BCUT2D eigenvalue weighted by Crippen LogP contribution is 2.41. The van der Waals surface area contributed by atoms with Crippen molar-refractivity contribution in [2.45, 2.75) is 13.0 Å². The first-order valence-corrected chi connectivity index (χ1v) is 8.93. The van der Waals surface area contributed by atoms with Crippen LogP contribution in [-0.4, -0.2) is 0 Å². The third kappa shape index (κ3) is 2.92. The van der Waals surface area contributed by atoms with E-state index < -0.39 is 7.29 Å². The number of furan rings is 1. The first-order valence-electron chi connectivity index (χ1n) is 7.22. The molecular weight excluding hydrogens is 293 g/mol. The fourth-order valence-corrected chi connectivity index (χ4v) is 4.90. The van der Waals surface area contributed by atoms with Crippen LogP contribution in [0.1, 0.15) is 18.7 Å². The lowest BCUT2D eigenvalue weighted by molar-refractivity contribution is 0.462. The first-order chi connectivity index (χ1) is 10.7. The molecule has 0 aliphatic rings. The molecule has 3 nitrogen and oxygen atoms in total. The van der Waals surface area contributed by atoms with E-state index in [1.165, 1.54) is 0 Å². The molecule has 1 N–H and O–H groups in total. The molecule has 0 spiro atoms. The summed E-state index contributed by atoms with van der Waals surface area (Å²) in [5.74, 6) is 0.770. The smallest absolute Gasteiger partial charge is 0.205 e. The summed E-state index contributed by atoms with van der Waals surface area (Å²) in [5.41, 5.74) is 0. The zero-order valence-electron chi connectivity index (χ0n) is 12.3. The summed E-state index contributed by atoms with van der Waals surface area (Å²) in [7, 11) is -2.93. The number of nitrogens with one attached hydrogen (secondary N) is 1. The van der Waals surface area contributed by atoms with E-state index in [1.54, 1.807) is 6.26 Å². The van der Waals surface area contributed by atoms with E-state index in [1.807, 2.05) is 79.7 Å². The second kappa shape index (κ2) is 6.35. The van der Waals surface area contributed by atoms with E-state index in [4.69, 9.17) is 4.42 Å². The van der Waals surface area contributed by atoms with E-state index in [2.05, 4.69) is 5.09 Å². The van der Waals surface area contributed by atoms with Crippen molar-refractivity contribution < 1.29 is 8.98 Å². The summed E-state index contributed by atoms with van der Waals surface area (Å²) in [5, 5.41) is 4.87. The molecular formula is C18H18NO2P. The second-order valence-corrected chi connectivity index (χ2v) is 7.66. The topological polar surface area (TPSA) is 42.2 Å². The van der Waals surface area contributed by atoms with Gasteiger partial charge in [-0.05, 0) is 43.3 Å². The fraction of sp³-hybridized carbons (Fsp3) is 0.111. The van der Waals surface area contributed by atoms with E-state index in [9.17, 15) is 4.57 Å². The Labute approximate surface area is 130 Å². The number of hydrogen-bond donors (Lipinski definition) is 1. The summed E-state index contributed by atoms with van der Waals surface area (Å²) < 4.78 is 19.2. The van der Waals surface area contributed by atoms with Gasteiger partial charge in [0.15, 0.2) is 0 Å². The maximum Gasteiger partial charge on any atom is 0.205 e. The van der Waals surface area contributed by atoms with Crippen molar-refractivity contribution in [1.29, 1.82) is 0 Å². The van der Waals surface area contributed by atoms with E-state index >= 15 is 0 Å². The van der Waals surface area contributed by atoms with Gasteiger partial charge in [-0.2, -0.15) is 0 Å². The monoisotopic (exact) mass is 311 g/mol. The van der Waals surface area contributed by atoms with Crippen molar-refractivity contribution >= 4 is 17.9 Å². The molecule has 1 heterocycles. The van der Waals surface area contributed by atoms with Gasteiger partial charge in [-0.3, -0.25) is 4.57 Å². The highest BCUT2D eigenvalue weighted by Gasteiger charge is 2.29. The molecule has 3 aromatic rings. The Morgan fingerprint density at radius 3 is 1.86 bits per heavy atom. The third-order valence-corrected chi connectivity index (χ3v) is 6.39. The first kappa shape index (κ1) is 14.8. The quantitative estimate of drug-likeness (QED) is 0.728. The lowest BCUT2D eigenvalue weighted by atomic mass is 10.3. The fourth-order valence-electron chi connectivity index (χ4n) is 2.45. The average molecular weight is 311 g/mol. The summed E-state index contributed by atoms with van der Waals surface area (Å²) in [6, 6.07) is 22.6. The molecule has 0 aliphatic heterocycles. The van der Waals surface area contributed by atoms with Crippen LogP contribution < -0.4 is 15.7 Å². The van der Waals surface area contributed by atoms with Gasteiger partial charge >= 0.3 is 0 Å². The van der Waals surface area contributed by atoms with Crippen molar-refractivity contribution in [3.63, 3.8) is 0 Å². The largest absolute Gasteiger partial charge is 0.468 e. The Kier molecular flexibility index (Phi) is 4.28. The van der Waals surface area contributed by atoms with Gasteiger partial charge < -0.3 is 4.42 Å². The summed E-state index contributed by atoms with van der Waals surface area (Å²) in [6.45, 7) is 1.96. The van der Waals surface area contributed by atoms with Gasteiger partial charge in [0.2, 0.25) is 7.29 Å². The van der Waals surface area contributed by atoms with E-state index in [0.717, 1.165) is 16.4 Å². The Morgan fingerprint density at radius 1 is 0.864 bits per heavy atom. The van der Waals surface area contributed by atoms with E-state index in [-0.39, 0.29) is 6.04 Å². The molecule has 0 fully saturated rings. The van der Waals surface area contributed by atoms with Gasteiger partial charge in [-0.25, -0.2) is 5.09 Å². The number of rotatable bonds is 5. The van der Waals surface area contributed by atoms with Crippen LogP contribution in [0, 0.1) is 0 Å². The normalized spacial score (nSPS) is 13.0. The predicted octanol–water partition coefficient (Wildman–Crippen LogP) is 3.86. The van der Waals surface area contributed by atoms with Gasteiger partial charge in [0.25, 0.3) is 0 Å². The van der Waals surface area contributed by atoms with Gasteiger partial charge in [-0.15, -0.1) is 0 Å². The minimum absolute atomic E-state index is 0.152. The Balaban J connectivity index is 2.02. The molecule has 1 aromatic heterocycles. The zero-order valence-corrected chi connectivity index (χ0v) is 13.2. The Bertz CT molecular complexity index is 711. The minimum Gasteiger partial charge on any atom is -0.468 e. The summed E-state index contributed by atoms with van der Waals surface area (Å²) >= 11 is 0. The van der Waals surface area contributed by atoms with Gasteiger partial charge in [0, 0.05) is 10.6 Å². The molecule has 0 amide bonds. The molecule has 3 rings (SSSR count). The van der Waals surface area contributed by atoms with Crippen LogP contribution in [0.3, 0.4) is 0 Å². The molecule has 0 bridgehead atoms. The lowest BCUT2D eigenvalue weighted by Crippen LogP contribution is -2.29. The Morgan fingerprint density at radius 2 is 1.41 bits per heavy atom. The van der Waals surface area contributed by atoms with Gasteiger partial charge in [0.1, 0.15) is 5.76 Å². The van der Waals surface area contributed by atoms with Crippen LogP contribution in [0.25, 0.3) is 0 Å². The van der Waals surface area contributed by atoms with Gasteiger partial charge in [0.05, 0.1) is 12.3 Å².